The average Bonchev–Trinajstić information content (AvgIpc) is 3.08. The molecular weight excluding hydrogens is 464 g/mol. The average molecular weight is 495 g/mol. The number of carbonyl (C=O) groups excluding carboxylic acids is 2. The molecule has 0 unspecified atom stereocenters. The number of anilines is 1. The largest absolute Gasteiger partial charge is 0.325 e. The third kappa shape index (κ3) is 6.58. The van der Waals surface area contributed by atoms with Crippen LogP contribution in [0.1, 0.15) is 38.8 Å². The number of ketones is 1. The highest BCUT2D eigenvalue weighted by molar-refractivity contribution is 7.98. The molecule has 3 rings (SSSR count). The molecule has 0 atom stereocenters. The molecule has 1 N–H and O–H groups in total. The monoisotopic (exact) mass is 494 g/mol. The molecule has 0 aliphatic heterocycles. The first-order valence-corrected chi connectivity index (χ1v) is 13.1. The molecule has 0 fully saturated rings. The van der Waals surface area contributed by atoms with Crippen LogP contribution in [0.25, 0.3) is 12.2 Å². The molecule has 2 aromatic carbocycles. The maximum atomic E-state index is 13.2. The fraction of sp³-hybridized carbons (Fsp3) is 0.296. The minimum atomic E-state index is -0.592. The summed E-state index contributed by atoms with van der Waals surface area (Å²) in [4.78, 5) is 39.9. The smallest absolute Gasteiger partial charge is 0.269 e. The summed E-state index contributed by atoms with van der Waals surface area (Å²) in [5.74, 6) is -0.424. The van der Waals surface area contributed by atoms with Gasteiger partial charge in [-0.15, -0.1) is 23.1 Å². The van der Waals surface area contributed by atoms with Crippen LogP contribution in [0, 0.1) is 5.41 Å². The highest BCUT2D eigenvalue weighted by Crippen LogP contribution is 2.16. The third-order valence-corrected chi connectivity index (χ3v) is 7.09. The van der Waals surface area contributed by atoms with E-state index in [2.05, 4.69) is 12.2 Å². The second kappa shape index (κ2) is 11.0. The van der Waals surface area contributed by atoms with Gasteiger partial charge in [0.25, 0.3) is 5.56 Å². The number of nitrogens with one attached hydrogen (secondary N) is 1. The quantitative estimate of drug-likeness (QED) is 0.503. The number of hydrogen-bond donors (Lipinski definition) is 1. The van der Waals surface area contributed by atoms with Gasteiger partial charge in [0, 0.05) is 22.1 Å². The standard InChI is InChI=1S/C27H30N2O3S2/c1-6-18-7-11-20(12-8-18)28-24(31)17-29-25(16-23(30)27(2,3)4)34-22(26(29)32)15-19-9-13-21(33-5)14-10-19/h7-16H,6,17H2,1-5H3,(H,28,31). The van der Waals surface area contributed by atoms with Crippen molar-refractivity contribution < 1.29 is 9.59 Å². The first kappa shape index (κ1) is 25.7. The molecule has 0 bridgehead atoms. The van der Waals surface area contributed by atoms with Crippen molar-refractivity contribution in [3.8, 4) is 0 Å². The highest BCUT2D eigenvalue weighted by Gasteiger charge is 2.20. The number of rotatable bonds is 7. The van der Waals surface area contributed by atoms with Crippen LogP contribution >= 0.6 is 23.1 Å². The minimum absolute atomic E-state index is 0.103. The molecule has 0 radical (unpaired) electrons. The van der Waals surface area contributed by atoms with Crippen LogP contribution in [0.5, 0.6) is 0 Å². The van der Waals surface area contributed by atoms with Gasteiger partial charge in [-0.05, 0) is 54.1 Å². The normalized spacial score (nSPS) is 12.7. The summed E-state index contributed by atoms with van der Waals surface area (Å²) in [6.45, 7) is 7.38. The highest BCUT2D eigenvalue weighted by atomic mass is 32.2. The van der Waals surface area contributed by atoms with Crippen molar-refractivity contribution in [2.45, 2.75) is 45.6 Å². The number of amides is 1. The summed E-state index contributed by atoms with van der Waals surface area (Å²) in [5, 5.41) is 2.85. The zero-order chi connectivity index (χ0) is 24.9. The lowest BCUT2D eigenvalue weighted by molar-refractivity contribution is -0.120. The van der Waals surface area contributed by atoms with E-state index in [4.69, 9.17) is 0 Å². The molecule has 178 valence electrons. The number of thioether (sulfide) groups is 1. The van der Waals surface area contributed by atoms with Crippen molar-refractivity contribution in [3.63, 3.8) is 0 Å². The van der Waals surface area contributed by atoms with E-state index in [9.17, 15) is 14.4 Å². The predicted molar refractivity (Wildman–Crippen MR) is 143 cm³/mol. The van der Waals surface area contributed by atoms with Gasteiger partial charge in [0.2, 0.25) is 5.91 Å². The fourth-order valence-electron chi connectivity index (χ4n) is 3.14. The SMILES string of the molecule is CCc1ccc(NC(=O)Cn2c(=CC(=O)C(C)(C)C)sc(=Cc3ccc(SC)cc3)c2=O)cc1. The first-order chi connectivity index (χ1) is 16.1. The van der Waals surface area contributed by atoms with Crippen LogP contribution in [-0.2, 0) is 22.6 Å². The van der Waals surface area contributed by atoms with E-state index in [1.165, 1.54) is 27.5 Å². The summed E-state index contributed by atoms with van der Waals surface area (Å²) in [5.41, 5.74) is 1.85. The molecule has 0 spiro atoms. The van der Waals surface area contributed by atoms with Gasteiger partial charge in [-0.1, -0.05) is 52.0 Å². The zero-order valence-electron chi connectivity index (χ0n) is 20.2. The Bertz CT molecular complexity index is 1340. The molecular formula is C27H30N2O3S2. The topological polar surface area (TPSA) is 68.2 Å². The van der Waals surface area contributed by atoms with Gasteiger partial charge in [-0.3, -0.25) is 19.0 Å². The van der Waals surface area contributed by atoms with Crippen LogP contribution in [0.4, 0.5) is 5.69 Å². The lowest BCUT2D eigenvalue weighted by atomic mass is 9.91. The molecule has 3 aromatic rings. The summed E-state index contributed by atoms with van der Waals surface area (Å²) < 4.78 is 2.32. The van der Waals surface area contributed by atoms with Crippen molar-refractivity contribution >= 4 is 52.6 Å². The summed E-state index contributed by atoms with van der Waals surface area (Å²) in [7, 11) is 0. The van der Waals surface area contributed by atoms with E-state index in [0.717, 1.165) is 16.9 Å². The fourth-order valence-corrected chi connectivity index (χ4v) is 4.59. The van der Waals surface area contributed by atoms with Crippen LogP contribution in [0.15, 0.2) is 58.2 Å². The Hall–Kier alpha value is -2.90. The number of benzene rings is 2. The Labute approximate surface area is 208 Å². The molecule has 0 saturated carbocycles. The molecule has 0 aliphatic carbocycles. The molecule has 1 heterocycles. The predicted octanol–water partition coefficient (Wildman–Crippen LogP) is 4.06. The van der Waals surface area contributed by atoms with Gasteiger partial charge in [-0.2, -0.15) is 0 Å². The second-order valence-corrected chi connectivity index (χ2v) is 10.9. The number of Topliss-reactive ketones (excluding diaryl/α,β-unsaturated/α-hetero) is 1. The van der Waals surface area contributed by atoms with E-state index in [1.54, 1.807) is 17.8 Å². The first-order valence-electron chi connectivity index (χ1n) is 11.1. The molecule has 5 nitrogen and oxygen atoms in total. The Balaban J connectivity index is 2.00. The Morgan fingerprint density at radius 3 is 2.26 bits per heavy atom. The second-order valence-electron chi connectivity index (χ2n) is 8.97. The number of nitrogens with zero attached hydrogens (tertiary/aromatic N) is 1. The number of hydrogen-bond acceptors (Lipinski definition) is 5. The van der Waals surface area contributed by atoms with Crippen molar-refractivity contribution in [2.75, 3.05) is 11.6 Å². The van der Waals surface area contributed by atoms with Crippen LogP contribution in [0.3, 0.4) is 0 Å². The van der Waals surface area contributed by atoms with Crippen molar-refractivity contribution in [1.29, 1.82) is 0 Å². The lowest BCUT2D eigenvalue weighted by Gasteiger charge is -2.13. The maximum absolute atomic E-state index is 13.2. The van der Waals surface area contributed by atoms with Gasteiger partial charge in [0.05, 0.1) is 4.53 Å². The zero-order valence-corrected chi connectivity index (χ0v) is 21.8. The summed E-state index contributed by atoms with van der Waals surface area (Å²) in [6.07, 6.45) is 6.20. The summed E-state index contributed by atoms with van der Waals surface area (Å²) in [6, 6.07) is 15.5. The van der Waals surface area contributed by atoms with Gasteiger partial charge in [-0.25, -0.2) is 0 Å². The van der Waals surface area contributed by atoms with Gasteiger partial charge in [0.15, 0.2) is 5.78 Å². The number of thiazole rings is 1. The van der Waals surface area contributed by atoms with E-state index in [1.807, 2.05) is 75.6 Å². The number of aromatic nitrogens is 1. The van der Waals surface area contributed by atoms with E-state index < -0.39 is 5.41 Å². The number of aryl methyl sites for hydroxylation is 1. The van der Waals surface area contributed by atoms with Crippen molar-refractivity contribution in [3.05, 3.63) is 79.2 Å². The van der Waals surface area contributed by atoms with Gasteiger partial charge < -0.3 is 5.32 Å². The molecule has 7 heteroatoms. The van der Waals surface area contributed by atoms with Crippen LogP contribution < -0.4 is 20.1 Å². The molecule has 1 amide bonds. The molecule has 34 heavy (non-hydrogen) atoms. The van der Waals surface area contributed by atoms with Gasteiger partial charge in [0.1, 0.15) is 11.2 Å². The molecule has 0 saturated heterocycles. The van der Waals surface area contributed by atoms with E-state index in [0.29, 0.717) is 14.9 Å². The summed E-state index contributed by atoms with van der Waals surface area (Å²) >= 11 is 2.87. The van der Waals surface area contributed by atoms with E-state index >= 15 is 0 Å². The molecule has 0 aliphatic rings. The number of carbonyl (C=O) groups is 2. The molecule has 1 aromatic heterocycles. The van der Waals surface area contributed by atoms with Crippen molar-refractivity contribution in [2.24, 2.45) is 5.41 Å². The van der Waals surface area contributed by atoms with Gasteiger partial charge >= 0.3 is 0 Å². The third-order valence-electron chi connectivity index (χ3n) is 5.29. The Kier molecular flexibility index (Phi) is 8.33. The van der Waals surface area contributed by atoms with Crippen LogP contribution in [0.2, 0.25) is 0 Å². The maximum Gasteiger partial charge on any atom is 0.269 e. The van der Waals surface area contributed by atoms with E-state index in [-0.39, 0.29) is 23.8 Å². The minimum Gasteiger partial charge on any atom is -0.325 e. The van der Waals surface area contributed by atoms with Crippen LogP contribution in [-0.4, -0.2) is 22.5 Å². The van der Waals surface area contributed by atoms with Crippen molar-refractivity contribution in [1.82, 2.24) is 4.57 Å². The Morgan fingerprint density at radius 2 is 1.71 bits per heavy atom. The lowest BCUT2D eigenvalue weighted by Crippen LogP contribution is -2.36. The Morgan fingerprint density at radius 1 is 1.06 bits per heavy atom.